The SMILES string of the molecule is O=C(NCC(O)Cc1ccccc1)C1C2CCCCC21. The molecule has 0 spiro atoms. The van der Waals surface area contributed by atoms with Crippen molar-refractivity contribution in [2.45, 2.75) is 38.2 Å². The summed E-state index contributed by atoms with van der Waals surface area (Å²) in [4.78, 5) is 12.1. The zero-order valence-electron chi connectivity index (χ0n) is 11.8. The molecule has 0 aliphatic heterocycles. The van der Waals surface area contributed by atoms with Crippen molar-refractivity contribution in [3.05, 3.63) is 35.9 Å². The van der Waals surface area contributed by atoms with Gasteiger partial charge in [0, 0.05) is 18.9 Å². The molecular weight excluding hydrogens is 250 g/mol. The van der Waals surface area contributed by atoms with Crippen LogP contribution in [-0.2, 0) is 11.2 Å². The molecule has 3 nitrogen and oxygen atoms in total. The number of nitrogens with one attached hydrogen (secondary N) is 1. The molecule has 0 radical (unpaired) electrons. The molecule has 1 aromatic rings. The number of fused-ring (bicyclic) bond motifs is 1. The molecule has 0 saturated heterocycles. The number of carbonyl (C=O) groups excluding carboxylic acids is 1. The molecule has 1 aromatic carbocycles. The maximum atomic E-state index is 12.1. The standard InChI is InChI=1S/C17H23NO2/c19-13(10-12-6-2-1-3-7-12)11-18-17(20)16-14-8-4-5-9-15(14)16/h1-3,6-7,13-16,19H,4-5,8-11H2,(H,18,20). The lowest BCUT2D eigenvalue weighted by Crippen LogP contribution is -2.34. The maximum Gasteiger partial charge on any atom is 0.223 e. The number of amides is 1. The van der Waals surface area contributed by atoms with Gasteiger partial charge in [-0.15, -0.1) is 0 Å². The highest BCUT2D eigenvalue weighted by Gasteiger charge is 2.54. The van der Waals surface area contributed by atoms with Crippen molar-refractivity contribution in [2.75, 3.05) is 6.54 Å². The van der Waals surface area contributed by atoms with Gasteiger partial charge in [-0.3, -0.25) is 4.79 Å². The van der Waals surface area contributed by atoms with Crippen molar-refractivity contribution in [1.29, 1.82) is 0 Å². The van der Waals surface area contributed by atoms with Crippen LogP contribution < -0.4 is 5.32 Å². The van der Waals surface area contributed by atoms with Crippen LogP contribution in [0.1, 0.15) is 31.2 Å². The summed E-state index contributed by atoms with van der Waals surface area (Å²) < 4.78 is 0. The van der Waals surface area contributed by atoms with Gasteiger partial charge in [0.1, 0.15) is 0 Å². The lowest BCUT2D eigenvalue weighted by atomic mass is 10.0. The molecule has 2 N–H and O–H groups in total. The average molecular weight is 273 g/mol. The molecule has 2 aliphatic rings. The fourth-order valence-corrected chi connectivity index (χ4v) is 3.68. The first-order valence-corrected chi connectivity index (χ1v) is 7.75. The van der Waals surface area contributed by atoms with Crippen molar-refractivity contribution in [3.63, 3.8) is 0 Å². The van der Waals surface area contributed by atoms with Gasteiger partial charge in [-0.25, -0.2) is 0 Å². The summed E-state index contributed by atoms with van der Waals surface area (Å²) in [6.45, 7) is 0.365. The van der Waals surface area contributed by atoms with Crippen LogP contribution in [0.2, 0.25) is 0 Å². The second-order valence-electron chi connectivity index (χ2n) is 6.23. The average Bonchev–Trinajstić information content (AvgIpc) is 3.20. The number of aliphatic hydroxyl groups excluding tert-OH is 1. The summed E-state index contributed by atoms with van der Waals surface area (Å²) >= 11 is 0. The van der Waals surface area contributed by atoms with E-state index in [0.29, 0.717) is 24.8 Å². The third kappa shape index (κ3) is 3.04. The number of carbonyl (C=O) groups is 1. The first kappa shape index (κ1) is 13.6. The Bertz CT molecular complexity index is 447. The topological polar surface area (TPSA) is 49.3 Å². The van der Waals surface area contributed by atoms with E-state index in [2.05, 4.69) is 5.32 Å². The number of hydrogen-bond acceptors (Lipinski definition) is 2. The molecule has 3 unspecified atom stereocenters. The molecule has 3 rings (SSSR count). The quantitative estimate of drug-likeness (QED) is 0.863. The highest BCUT2D eigenvalue weighted by molar-refractivity contribution is 5.82. The van der Waals surface area contributed by atoms with Gasteiger partial charge in [0.2, 0.25) is 5.91 Å². The summed E-state index contributed by atoms with van der Waals surface area (Å²) in [5.74, 6) is 1.67. The van der Waals surface area contributed by atoms with Gasteiger partial charge in [0.05, 0.1) is 6.10 Å². The summed E-state index contributed by atoms with van der Waals surface area (Å²) in [5.41, 5.74) is 1.11. The molecule has 3 heteroatoms. The van der Waals surface area contributed by atoms with E-state index in [9.17, 15) is 9.90 Å². The van der Waals surface area contributed by atoms with Crippen LogP contribution in [0.4, 0.5) is 0 Å². The third-order valence-electron chi connectivity index (χ3n) is 4.79. The smallest absolute Gasteiger partial charge is 0.223 e. The van der Waals surface area contributed by atoms with Gasteiger partial charge < -0.3 is 10.4 Å². The molecule has 0 heterocycles. The van der Waals surface area contributed by atoms with E-state index in [1.807, 2.05) is 30.3 Å². The van der Waals surface area contributed by atoms with Gasteiger partial charge in [-0.2, -0.15) is 0 Å². The maximum absolute atomic E-state index is 12.1. The molecule has 2 saturated carbocycles. The number of benzene rings is 1. The third-order valence-corrected chi connectivity index (χ3v) is 4.79. The fourth-order valence-electron chi connectivity index (χ4n) is 3.68. The van der Waals surface area contributed by atoms with Crippen molar-refractivity contribution in [2.24, 2.45) is 17.8 Å². The molecule has 2 aliphatic carbocycles. The predicted octanol–water partition coefficient (Wildman–Crippen LogP) is 2.14. The van der Waals surface area contributed by atoms with E-state index < -0.39 is 6.10 Å². The summed E-state index contributed by atoms with van der Waals surface area (Å²) in [7, 11) is 0. The largest absolute Gasteiger partial charge is 0.391 e. The van der Waals surface area contributed by atoms with Gasteiger partial charge in [0.25, 0.3) is 0 Å². The highest BCUT2D eigenvalue weighted by Crippen LogP contribution is 2.55. The lowest BCUT2D eigenvalue weighted by Gasteiger charge is -2.12. The molecular formula is C17H23NO2. The van der Waals surface area contributed by atoms with Crippen LogP contribution in [0.25, 0.3) is 0 Å². The Balaban J connectivity index is 1.42. The Hall–Kier alpha value is -1.35. The molecule has 1 amide bonds. The molecule has 0 aromatic heterocycles. The zero-order chi connectivity index (χ0) is 13.9. The number of rotatable bonds is 5. The van der Waals surface area contributed by atoms with Crippen LogP contribution >= 0.6 is 0 Å². The lowest BCUT2D eigenvalue weighted by molar-refractivity contribution is -0.123. The van der Waals surface area contributed by atoms with E-state index in [0.717, 1.165) is 5.56 Å². The van der Waals surface area contributed by atoms with Crippen molar-refractivity contribution < 1.29 is 9.90 Å². The first-order valence-electron chi connectivity index (χ1n) is 7.75. The van der Waals surface area contributed by atoms with Gasteiger partial charge in [-0.05, 0) is 30.2 Å². The van der Waals surface area contributed by atoms with Crippen LogP contribution in [-0.4, -0.2) is 23.7 Å². The van der Waals surface area contributed by atoms with Crippen molar-refractivity contribution in [3.8, 4) is 0 Å². The van der Waals surface area contributed by atoms with Gasteiger partial charge in [0.15, 0.2) is 0 Å². The van der Waals surface area contributed by atoms with E-state index in [4.69, 9.17) is 0 Å². The fraction of sp³-hybridized carbons (Fsp3) is 0.588. The van der Waals surface area contributed by atoms with Crippen LogP contribution in [0.5, 0.6) is 0 Å². The zero-order valence-corrected chi connectivity index (χ0v) is 11.8. The molecule has 108 valence electrons. The number of aliphatic hydroxyl groups is 1. The molecule has 3 atom stereocenters. The summed E-state index contributed by atoms with van der Waals surface area (Å²) in [6.07, 6.45) is 5.09. The number of hydrogen-bond donors (Lipinski definition) is 2. The Morgan fingerprint density at radius 1 is 1.20 bits per heavy atom. The summed E-state index contributed by atoms with van der Waals surface area (Å²) in [5, 5.41) is 12.9. The van der Waals surface area contributed by atoms with E-state index in [-0.39, 0.29) is 11.8 Å². The van der Waals surface area contributed by atoms with Crippen LogP contribution in [0.3, 0.4) is 0 Å². The first-order chi connectivity index (χ1) is 9.75. The Labute approximate surface area is 120 Å². The predicted molar refractivity (Wildman–Crippen MR) is 78.1 cm³/mol. The minimum Gasteiger partial charge on any atom is -0.391 e. The molecule has 0 bridgehead atoms. The monoisotopic (exact) mass is 273 g/mol. The minimum absolute atomic E-state index is 0.161. The van der Waals surface area contributed by atoms with E-state index >= 15 is 0 Å². The van der Waals surface area contributed by atoms with Crippen LogP contribution in [0, 0.1) is 17.8 Å². The van der Waals surface area contributed by atoms with Crippen molar-refractivity contribution in [1.82, 2.24) is 5.32 Å². The second kappa shape index (κ2) is 5.96. The Kier molecular flexibility index (Phi) is 4.06. The molecule has 20 heavy (non-hydrogen) atoms. The second-order valence-corrected chi connectivity index (χ2v) is 6.23. The van der Waals surface area contributed by atoms with E-state index in [1.165, 1.54) is 25.7 Å². The van der Waals surface area contributed by atoms with Crippen LogP contribution in [0.15, 0.2) is 30.3 Å². The summed E-state index contributed by atoms with van der Waals surface area (Å²) in [6, 6.07) is 9.90. The minimum atomic E-state index is -0.498. The Morgan fingerprint density at radius 3 is 2.50 bits per heavy atom. The van der Waals surface area contributed by atoms with Crippen molar-refractivity contribution >= 4 is 5.91 Å². The van der Waals surface area contributed by atoms with E-state index in [1.54, 1.807) is 0 Å². The van der Waals surface area contributed by atoms with Gasteiger partial charge >= 0.3 is 0 Å². The molecule has 2 fully saturated rings. The Morgan fingerprint density at radius 2 is 1.85 bits per heavy atom. The van der Waals surface area contributed by atoms with Gasteiger partial charge in [-0.1, -0.05) is 43.2 Å². The highest BCUT2D eigenvalue weighted by atomic mass is 16.3. The normalized spacial score (nSPS) is 29.4.